The SMILES string of the molecule is O=C(O)CCN(c1cccc(C(=O)O)c1)S(=O)(=O)c1ccccc1[N+](=O)[O-]. The minimum atomic E-state index is -4.53. The average Bonchev–Trinajstić information content (AvgIpc) is 2.61. The Balaban J connectivity index is 2.63. The van der Waals surface area contributed by atoms with Crippen LogP contribution in [0.15, 0.2) is 53.4 Å². The Morgan fingerprint density at radius 1 is 1.07 bits per heavy atom. The Morgan fingerprint density at radius 3 is 2.33 bits per heavy atom. The van der Waals surface area contributed by atoms with Crippen LogP contribution in [0.5, 0.6) is 0 Å². The van der Waals surface area contributed by atoms with E-state index >= 15 is 0 Å². The third-order valence-corrected chi connectivity index (χ3v) is 5.41. The van der Waals surface area contributed by atoms with Gasteiger partial charge in [-0.3, -0.25) is 19.2 Å². The number of aliphatic carboxylic acids is 1. The summed E-state index contributed by atoms with van der Waals surface area (Å²) in [4.78, 5) is 31.8. The molecule has 0 aromatic heterocycles. The molecule has 0 amide bonds. The van der Waals surface area contributed by atoms with Crippen LogP contribution in [0.2, 0.25) is 0 Å². The molecule has 0 fully saturated rings. The topological polar surface area (TPSA) is 155 Å². The maximum absolute atomic E-state index is 13.0. The van der Waals surface area contributed by atoms with Gasteiger partial charge in [0.05, 0.1) is 22.6 Å². The molecule has 2 N–H and O–H groups in total. The van der Waals surface area contributed by atoms with Crippen LogP contribution >= 0.6 is 0 Å². The van der Waals surface area contributed by atoms with Crippen LogP contribution in [-0.2, 0) is 14.8 Å². The Morgan fingerprint density at radius 2 is 1.74 bits per heavy atom. The van der Waals surface area contributed by atoms with Gasteiger partial charge < -0.3 is 10.2 Å². The first-order chi connectivity index (χ1) is 12.6. The molecule has 10 nitrogen and oxygen atoms in total. The van der Waals surface area contributed by atoms with E-state index in [0.717, 1.165) is 18.2 Å². The van der Waals surface area contributed by atoms with Crippen LogP contribution < -0.4 is 4.31 Å². The van der Waals surface area contributed by atoms with Crippen molar-refractivity contribution in [1.29, 1.82) is 0 Å². The van der Waals surface area contributed by atoms with E-state index in [1.54, 1.807) is 0 Å². The van der Waals surface area contributed by atoms with Gasteiger partial charge >= 0.3 is 11.9 Å². The summed E-state index contributed by atoms with van der Waals surface area (Å²) in [5, 5.41) is 29.2. The van der Waals surface area contributed by atoms with Crippen molar-refractivity contribution in [1.82, 2.24) is 0 Å². The second-order valence-corrected chi connectivity index (χ2v) is 7.13. The van der Waals surface area contributed by atoms with Crippen LogP contribution in [0.25, 0.3) is 0 Å². The summed E-state index contributed by atoms with van der Waals surface area (Å²) in [6.07, 6.45) is -0.586. The molecule has 0 unspecified atom stereocenters. The first-order valence-electron chi connectivity index (χ1n) is 7.46. The standard InChI is InChI=1S/C16H14N2O8S/c19-15(20)8-9-17(12-5-3-4-11(10-12)16(21)22)27(25,26)14-7-2-1-6-13(14)18(23)24/h1-7,10H,8-9H2,(H,19,20)(H,21,22). The smallest absolute Gasteiger partial charge is 0.335 e. The van der Waals surface area contributed by atoms with Gasteiger partial charge in [0.2, 0.25) is 0 Å². The van der Waals surface area contributed by atoms with Crippen LogP contribution in [0, 0.1) is 10.1 Å². The number of nitro groups is 1. The molecule has 0 saturated carbocycles. The average molecular weight is 394 g/mol. The number of para-hydroxylation sites is 1. The van der Waals surface area contributed by atoms with Crippen molar-refractivity contribution < 1.29 is 33.1 Å². The molecule has 0 saturated heterocycles. The van der Waals surface area contributed by atoms with Crippen LogP contribution in [0.1, 0.15) is 16.8 Å². The maximum Gasteiger partial charge on any atom is 0.335 e. The van der Waals surface area contributed by atoms with Gasteiger partial charge in [-0.15, -0.1) is 0 Å². The minimum Gasteiger partial charge on any atom is -0.481 e. The predicted octanol–water partition coefficient (Wildman–Crippen LogP) is 1.96. The van der Waals surface area contributed by atoms with Gasteiger partial charge in [0, 0.05) is 12.6 Å². The molecular formula is C16H14N2O8S. The lowest BCUT2D eigenvalue weighted by molar-refractivity contribution is -0.387. The highest BCUT2D eigenvalue weighted by atomic mass is 32.2. The highest BCUT2D eigenvalue weighted by Crippen LogP contribution is 2.30. The summed E-state index contributed by atoms with van der Waals surface area (Å²) < 4.78 is 26.7. The molecule has 0 bridgehead atoms. The lowest BCUT2D eigenvalue weighted by Gasteiger charge is -2.24. The Bertz CT molecular complexity index is 1000. The molecule has 142 valence electrons. The number of carbonyl (C=O) groups is 2. The number of carboxylic acids is 2. The van der Waals surface area contributed by atoms with Crippen LogP contribution in [-0.4, -0.2) is 42.0 Å². The van der Waals surface area contributed by atoms with E-state index in [4.69, 9.17) is 10.2 Å². The normalized spacial score (nSPS) is 11.0. The van der Waals surface area contributed by atoms with E-state index < -0.39 is 50.4 Å². The summed E-state index contributed by atoms with van der Waals surface area (Å²) in [5.74, 6) is -2.59. The van der Waals surface area contributed by atoms with E-state index in [0.29, 0.717) is 4.31 Å². The molecule has 0 aliphatic heterocycles. The molecule has 2 aromatic rings. The number of anilines is 1. The van der Waals surface area contributed by atoms with Gasteiger partial charge in [-0.1, -0.05) is 18.2 Å². The second kappa shape index (κ2) is 7.83. The largest absolute Gasteiger partial charge is 0.481 e. The first-order valence-corrected chi connectivity index (χ1v) is 8.90. The third kappa shape index (κ3) is 4.39. The second-order valence-electron chi connectivity index (χ2n) is 5.30. The summed E-state index contributed by atoms with van der Waals surface area (Å²) in [5.41, 5.74) is -1.01. The van der Waals surface area contributed by atoms with Crippen molar-refractivity contribution in [3.05, 3.63) is 64.2 Å². The molecule has 0 spiro atoms. The molecule has 0 atom stereocenters. The number of carboxylic acid groups (broad SMARTS) is 2. The van der Waals surface area contributed by atoms with Gasteiger partial charge in [-0.2, -0.15) is 0 Å². The summed E-state index contributed by atoms with van der Waals surface area (Å²) >= 11 is 0. The van der Waals surface area contributed by atoms with E-state index in [1.165, 1.54) is 30.3 Å². The summed E-state index contributed by atoms with van der Waals surface area (Å²) in [6.45, 7) is -0.535. The number of sulfonamides is 1. The van der Waals surface area contributed by atoms with Crippen molar-refractivity contribution >= 4 is 33.3 Å². The molecule has 0 heterocycles. The number of hydrogen-bond acceptors (Lipinski definition) is 6. The van der Waals surface area contributed by atoms with Crippen molar-refractivity contribution in [3.63, 3.8) is 0 Å². The summed E-state index contributed by atoms with van der Waals surface area (Å²) in [6, 6.07) is 9.49. The third-order valence-electron chi connectivity index (χ3n) is 3.54. The molecular weight excluding hydrogens is 380 g/mol. The van der Waals surface area contributed by atoms with E-state index in [2.05, 4.69) is 0 Å². The Labute approximate surface area is 153 Å². The molecule has 0 radical (unpaired) electrons. The van der Waals surface area contributed by atoms with Gasteiger partial charge in [0.25, 0.3) is 15.7 Å². The van der Waals surface area contributed by atoms with Crippen LogP contribution in [0.4, 0.5) is 11.4 Å². The molecule has 2 rings (SSSR count). The zero-order valence-corrected chi connectivity index (χ0v) is 14.5. The highest BCUT2D eigenvalue weighted by molar-refractivity contribution is 7.93. The fourth-order valence-electron chi connectivity index (χ4n) is 2.32. The Kier molecular flexibility index (Phi) is 5.75. The number of nitrogens with zero attached hydrogens (tertiary/aromatic N) is 2. The van der Waals surface area contributed by atoms with Crippen molar-refractivity contribution in [2.45, 2.75) is 11.3 Å². The minimum absolute atomic E-state index is 0.116. The van der Waals surface area contributed by atoms with Crippen LogP contribution in [0.3, 0.4) is 0 Å². The maximum atomic E-state index is 13.0. The van der Waals surface area contributed by atoms with Gasteiger partial charge in [-0.25, -0.2) is 13.2 Å². The zero-order valence-electron chi connectivity index (χ0n) is 13.7. The Hall–Kier alpha value is -3.47. The lowest BCUT2D eigenvalue weighted by atomic mass is 10.2. The number of aromatic carboxylic acids is 1. The lowest BCUT2D eigenvalue weighted by Crippen LogP contribution is -2.33. The number of rotatable bonds is 8. The summed E-state index contributed by atoms with van der Waals surface area (Å²) in [7, 11) is -4.53. The highest BCUT2D eigenvalue weighted by Gasteiger charge is 2.32. The monoisotopic (exact) mass is 394 g/mol. The van der Waals surface area contributed by atoms with Crippen molar-refractivity contribution in [3.8, 4) is 0 Å². The zero-order chi connectivity index (χ0) is 20.2. The molecule has 27 heavy (non-hydrogen) atoms. The molecule has 11 heteroatoms. The first kappa shape index (κ1) is 19.8. The quantitative estimate of drug-likeness (QED) is 0.508. The predicted molar refractivity (Wildman–Crippen MR) is 93.3 cm³/mol. The van der Waals surface area contributed by atoms with E-state index in [1.807, 2.05) is 0 Å². The molecule has 0 aliphatic carbocycles. The van der Waals surface area contributed by atoms with Crippen molar-refractivity contribution in [2.75, 3.05) is 10.8 Å². The van der Waals surface area contributed by atoms with E-state index in [9.17, 15) is 28.1 Å². The number of benzene rings is 2. The van der Waals surface area contributed by atoms with Gasteiger partial charge in [0.1, 0.15) is 0 Å². The fraction of sp³-hybridized carbons (Fsp3) is 0.125. The van der Waals surface area contributed by atoms with Gasteiger partial charge in [0.15, 0.2) is 4.90 Å². The molecule has 0 aliphatic rings. The number of nitro benzene ring substituents is 1. The molecule has 2 aromatic carbocycles. The van der Waals surface area contributed by atoms with Gasteiger partial charge in [-0.05, 0) is 24.3 Å². The van der Waals surface area contributed by atoms with Crippen molar-refractivity contribution in [2.24, 2.45) is 0 Å². The number of hydrogen-bond donors (Lipinski definition) is 2. The van der Waals surface area contributed by atoms with E-state index in [-0.39, 0.29) is 11.3 Å². The fourth-order valence-corrected chi connectivity index (χ4v) is 3.94.